The lowest BCUT2D eigenvalue weighted by Gasteiger charge is -2.28. The van der Waals surface area contributed by atoms with Gasteiger partial charge in [0.15, 0.2) is 0 Å². The molecule has 17 heavy (non-hydrogen) atoms. The number of nitrogens with zero attached hydrogens (tertiary/aromatic N) is 2. The normalized spacial score (nSPS) is 12.8. The lowest BCUT2D eigenvalue weighted by atomic mass is 9.96. The van der Waals surface area contributed by atoms with E-state index in [1.54, 1.807) is 0 Å². The van der Waals surface area contributed by atoms with Gasteiger partial charge >= 0.3 is 0 Å². The molecule has 0 aromatic carbocycles. The van der Waals surface area contributed by atoms with Gasteiger partial charge in [-0.15, -0.1) is 23.2 Å². The third-order valence-corrected chi connectivity index (χ3v) is 4.31. The zero-order valence-corrected chi connectivity index (χ0v) is 13.0. The summed E-state index contributed by atoms with van der Waals surface area (Å²) in [6.07, 6.45) is 0.852. The van der Waals surface area contributed by atoms with Crippen LogP contribution in [0.1, 0.15) is 39.9 Å². The maximum absolute atomic E-state index is 5.98. The van der Waals surface area contributed by atoms with E-state index in [-0.39, 0.29) is 11.0 Å². The van der Waals surface area contributed by atoms with Crippen molar-refractivity contribution >= 4 is 39.9 Å². The van der Waals surface area contributed by atoms with E-state index < -0.39 is 0 Å². The predicted molar refractivity (Wildman–Crippen MR) is 76.7 cm³/mol. The Hall–Kier alpha value is -0.0600. The third kappa shape index (κ3) is 3.70. The Bertz CT molecular complexity index is 348. The topological polar surface area (TPSA) is 37.8 Å². The van der Waals surface area contributed by atoms with E-state index >= 15 is 0 Å². The van der Waals surface area contributed by atoms with E-state index in [4.69, 9.17) is 23.2 Å². The van der Waals surface area contributed by atoms with Crippen molar-refractivity contribution in [3.05, 3.63) is 5.82 Å². The monoisotopic (exact) mass is 295 g/mol. The predicted octanol–water partition coefficient (Wildman–Crippen LogP) is 3.87. The molecule has 0 radical (unpaired) electrons. The highest BCUT2D eigenvalue weighted by molar-refractivity contribution is 7.09. The highest BCUT2D eigenvalue weighted by Crippen LogP contribution is 2.27. The van der Waals surface area contributed by atoms with Gasteiger partial charge in [-0.2, -0.15) is 4.37 Å². The standard InChI is InChI=1S/C11H19Cl2N3S/c1-5-11(6-12,7-13)15-9-14-8(16-17-9)10(2,3)4/h5-7H2,1-4H3,(H,14,15,16). The molecular weight excluding hydrogens is 277 g/mol. The van der Waals surface area contributed by atoms with Gasteiger partial charge in [-0.05, 0) is 6.42 Å². The van der Waals surface area contributed by atoms with Crippen molar-refractivity contribution in [3.63, 3.8) is 0 Å². The number of anilines is 1. The highest BCUT2D eigenvalue weighted by atomic mass is 35.5. The molecule has 0 amide bonds. The average Bonchev–Trinajstić information content (AvgIpc) is 2.74. The van der Waals surface area contributed by atoms with Crippen molar-refractivity contribution in [3.8, 4) is 0 Å². The molecule has 0 saturated carbocycles. The maximum atomic E-state index is 5.98. The number of aromatic nitrogens is 2. The second-order valence-corrected chi connectivity index (χ2v) is 6.49. The van der Waals surface area contributed by atoms with Crippen molar-refractivity contribution in [1.82, 2.24) is 9.36 Å². The molecule has 6 heteroatoms. The van der Waals surface area contributed by atoms with Gasteiger partial charge in [0.1, 0.15) is 5.82 Å². The van der Waals surface area contributed by atoms with Crippen LogP contribution in [0.15, 0.2) is 0 Å². The van der Waals surface area contributed by atoms with Gasteiger partial charge in [0.2, 0.25) is 5.13 Å². The SMILES string of the molecule is CCC(CCl)(CCl)Nc1nc(C(C)(C)C)ns1. The molecule has 0 atom stereocenters. The molecule has 0 saturated heterocycles. The van der Waals surface area contributed by atoms with Gasteiger partial charge in [-0.25, -0.2) is 4.98 Å². The average molecular weight is 296 g/mol. The number of halogens is 2. The van der Waals surface area contributed by atoms with Crippen LogP contribution in [0.5, 0.6) is 0 Å². The van der Waals surface area contributed by atoms with Crippen molar-refractivity contribution in [1.29, 1.82) is 0 Å². The lowest BCUT2D eigenvalue weighted by molar-refractivity contribution is 0.546. The fourth-order valence-electron chi connectivity index (χ4n) is 1.19. The Kier molecular flexibility index (Phi) is 5.05. The molecule has 98 valence electrons. The molecule has 0 aliphatic heterocycles. The molecular formula is C11H19Cl2N3S. The summed E-state index contributed by atoms with van der Waals surface area (Å²) in [4.78, 5) is 4.49. The van der Waals surface area contributed by atoms with E-state index in [2.05, 4.69) is 42.4 Å². The summed E-state index contributed by atoms with van der Waals surface area (Å²) in [6.45, 7) is 8.34. The molecule has 1 aromatic heterocycles. The van der Waals surface area contributed by atoms with Gasteiger partial charge in [0.05, 0.1) is 5.54 Å². The van der Waals surface area contributed by atoms with Crippen LogP contribution in [-0.4, -0.2) is 26.7 Å². The quantitative estimate of drug-likeness (QED) is 0.838. The Balaban J connectivity index is 2.85. The van der Waals surface area contributed by atoms with Crippen LogP contribution in [-0.2, 0) is 5.41 Å². The lowest BCUT2D eigenvalue weighted by Crippen LogP contribution is -2.41. The minimum absolute atomic E-state index is 0.0345. The van der Waals surface area contributed by atoms with Crippen LogP contribution in [0.4, 0.5) is 5.13 Å². The fraction of sp³-hybridized carbons (Fsp3) is 0.818. The van der Waals surface area contributed by atoms with Crippen molar-refractivity contribution in [2.45, 2.75) is 45.1 Å². The van der Waals surface area contributed by atoms with Gasteiger partial charge in [-0.1, -0.05) is 27.7 Å². The van der Waals surface area contributed by atoms with Crippen LogP contribution in [0.25, 0.3) is 0 Å². The Labute approximate surface area is 117 Å². The van der Waals surface area contributed by atoms with Crippen LogP contribution in [0, 0.1) is 0 Å². The first-order valence-corrected chi connectivity index (χ1v) is 7.45. The number of alkyl halides is 2. The zero-order chi connectivity index (χ0) is 13.1. The summed E-state index contributed by atoms with van der Waals surface area (Å²) in [5.74, 6) is 1.76. The Morgan fingerprint density at radius 3 is 2.18 bits per heavy atom. The van der Waals surface area contributed by atoms with Gasteiger partial charge < -0.3 is 5.32 Å². The molecule has 0 aliphatic rings. The number of hydrogen-bond acceptors (Lipinski definition) is 4. The molecule has 1 rings (SSSR count). The molecule has 0 unspecified atom stereocenters. The van der Waals surface area contributed by atoms with Crippen molar-refractivity contribution < 1.29 is 0 Å². The summed E-state index contributed by atoms with van der Waals surface area (Å²) < 4.78 is 4.36. The van der Waals surface area contributed by atoms with E-state index in [0.29, 0.717) is 11.8 Å². The van der Waals surface area contributed by atoms with E-state index in [9.17, 15) is 0 Å². The number of hydrogen-bond donors (Lipinski definition) is 1. The summed E-state index contributed by atoms with van der Waals surface area (Å²) in [6, 6.07) is 0. The highest BCUT2D eigenvalue weighted by Gasteiger charge is 2.28. The van der Waals surface area contributed by atoms with Crippen LogP contribution in [0.3, 0.4) is 0 Å². The summed E-state index contributed by atoms with van der Waals surface area (Å²) >= 11 is 13.3. The summed E-state index contributed by atoms with van der Waals surface area (Å²) in [5, 5.41) is 4.10. The Morgan fingerprint density at radius 2 is 1.82 bits per heavy atom. The van der Waals surface area contributed by atoms with Crippen LogP contribution < -0.4 is 5.32 Å². The maximum Gasteiger partial charge on any atom is 0.203 e. The molecule has 0 aliphatic carbocycles. The molecule has 0 fully saturated rings. The van der Waals surface area contributed by atoms with Crippen LogP contribution in [0.2, 0.25) is 0 Å². The zero-order valence-electron chi connectivity index (χ0n) is 10.7. The first kappa shape index (κ1) is 15.0. The second-order valence-electron chi connectivity index (χ2n) is 5.20. The minimum Gasteiger partial charge on any atom is -0.352 e. The fourth-order valence-corrected chi connectivity index (χ4v) is 2.86. The van der Waals surface area contributed by atoms with E-state index in [0.717, 1.165) is 17.4 Å². The van der Waals surface area contributed by atoms with E-state index in [1.807, 2.05) is 0 Å². The molecule has 1 N–H and O–H groups in total. The summed E-state index contributed by atoms with van der Waals surface area (Å²) in [5.41, 5.74) is -0.328. The molecule has 0 bridgehead atoms. The van der Waals surface area contributed by atoms with E-state index in [1.165, 1.54) is 11.5 Å². The second kappa shape index (κ2) is 5.72. The van der Waals surface area contributed by atoms with Gasteiger partial charge in [0.25, 0.3) is 0 Å². The minimum atomic E-state index is -0.294. The molecule has 3 nitrogen and oxygen atoms in total. The number of nitrogens with one attached hydrogen (secondary N) is 1. The van der Waals surface area contributed by atoms with Gasteiger partial charge in [0, 0.05) is 28.7 Å². The molecule has 0 spiro atoms. The van der Waals surface area contributed by atoms with Gasteiger partial charge in [-0.3, -0.25) is 0 Å². The van der Waals surface area contributed by atoms with Crippen molar-refractivity contribution in [2.75, 3.05) is 17.1 Å². The molecule has 1 aromatic rings. The smallest absolute Gasteiger partial charge is 0.203 e. The molecule has 1 heterocycles. The van der Waals surface area contributed by atoms with Crippen LogP contribution >= 0.6 is 34.7 Å². The first-order chi connectivity index (χ1) is 7.87. The summed E-state index contributed by atoms with van der Waals surface area (Å²) in [7, 11) is 0. The van der Waals surface area contributed by atoms with Crippen molar-refractivity contribution in [2.24, 2.45) is 0 Å². The third-order valence-electron chi connectivity index (χ3n) is 2.66. The largest absolute Gasteiger partial charge is 0.352 e. The Morgan fingerprint density at radius 1 is 1.24 bits per heavy atom. The number of rotatable bonds is 5. The first-order valence-electron chi connectivity index (χ1n) is 5.61.